The second-order valence-corrected chi connectivity index (χ2v) is 7.44. The number of rotatable bonds is 5. The number of anilines is 1. The molecule has 4 rings (SSSR count). The number of aryl methyl sites for hydroxylation is 1. The van der Waals surface area contributed by atoms with Crippen LogP contribution in [-0.2, 0) is 22.4 Å². The Hall–Kier alpha value is -2.52. The molecule has 0 saturated carbocycles. The summed E-state index contributed by atoms with van der Waals surface area (Å²) < 4.78 is 55.3. The van der Waals surface area contributed by atoms with Gasteiger partial charge in [-0.2, -0.15) is 13.2 Å². The van der Waals surface area contributed by atoms with Gasteiger partial charge in [-0.25, -0.2) is 0 Å². The van der Waals surface area contributed by atoms with Crippen molar-refractivity contribution in [3.05, 3.63) is 45.6 Å². The van der Waals surface area contributed by atoms with E-state index >= 15 is 0 Å². The maximum atomic E-state index is 12.6. The van der Waals surface area contributed by atoms with Gasteiger partial charge in [0.1, 0.15) is 11.6 Å². The van der Waals surface area contributed by atoms with Gasteiger partial charge < -0.3 is 24.1 Å². The first-order chi connectivity index (χ1) is 14.3. The normalized spacial score (nSPS) is 18.5. The van der Waals surface area contributed by atoms with Crippen LogP contribution in [0.15, 0.2) is 29.1 Å². The number of nitrogens with one attached hydrogen (secondary N) is 1. The molecule has 9 heteroatoms. The Balaban J connectivity index is 1.61. The number of alkyl halides is 3. The molecule has 2 aliphatic heterocycles. The van der Waals surface area contributed by atoms with Gasteiger partial charge in [-0.1, -0.05) is 0 Å². The van der Waals surface area contributed by atoms with Crippen LogP contribution in [0.2, 0.25) is 0 Å². The first kappa shape index (κ1) is 20.7. The van der Waals surface area contributed by atoms with E-state index in [1.807, 2.05) is 4.57 Å². The minimum Gasteiger partial charge on any atom is -0.484 e. The van der Waals surface area contributed by atoms with Gasteiger partial charge in [-0.3, -0.25) is 4.79 Å². The molecule has 0 bridgehead atoms. The van der Waals surface area contributed by atoms with E-state index in [2.05, 4.69) is 5.32 Å². The molecule has 1 saturated heterocycles. The number of aromatic nitrogens is 1. The summed E-state index contributed by atoms with van der Waals surface area (Å²) in [6, 6.07) is 6.44. The zero-order valence-corrected chi connectivity index (χ0v) is 16.6. The molecule has 2 aromatic rings. The maximum absolute atomic E-state index is 12.6. The molecular weight excluding hydrogens is 401 g/mol. The van der Waals surface area contributed by atoms with E-state index in [-0.39, 0.29) is 17.3 Å². The standard InChI is InChI=1S/C21H23F3N2O4/c1-13-18(27)9-19(25-10-16-11-28-6-7-29-16)26-5-4-14-8-15(30-12-21(22,23)24)2-3-17(14)20(13)26/h2-3,8-9,16,25H,4-7,10-12H2,1H3/t16-/m1/s1. The summed E-state index contributed by atoms with van der Waals surface area (Å²) in [6.07, 6.45) is -3.86. The predicted octanol–water partition coefficient (Wildman–Crippen LogP) is 3.15. The average Bonchev–Trinajstić information content (AvgIpc) is 2.73. The van der Waals surface area contributed by atoms with Crippen LogP contribution >= 0.6 is 0 Å². The van der Waals surface area contributed by atoms with Crippen molar-refractivity contribution in [2.24, 2.45) is 0 Å². The number of hydrogen-bond donors (Lipinski definition) is 1. The lowest BCUT2D eigenvalue weighted by Gasteiger charge is -2.29. The topological polar surface area (TPSA) is 61.7 Å². The highest BCUT2D eigenvalue weighted by atomic mass is 19.4. The van der Waals surface area contributed by atoms with Crippen molar-refractivity contribution < 1.29 is 27.4 Å². The fourth-order valence-corrected chi connectivity index (χ4v) is 3.84. The SMILES string of the molecule is Cc1c2n(c(NC[C@@H]3COCCO3)cc1=O)CCc1cc(OCC(F)(F)F)ccc1-2. The third-order valence-corrected chi connectivity index (χ3v) is 5.29. The molecule has 6 nitrogen and oxygen atoms in total. The Morgan fingerprint density at radius 3 is 2.83 bits per heavy atom. The summed E-state index contributed by atoms with van der Waals surface area (Å²) >= 11 is 0. The molecule has 1 fully saturated rings. The monoisotopic (exact) mass is 424 g/mol. The van der Waals surface area contributed by atoms with Crippen molar-refractivity contribution >= 4 is 5.82 Å². The minimum atomic E-state index is -4.39. The van der Waals surface area contributed by atoms with Gasteiger partial charge in [-0.15, -0.1) is 0 Å². The van der Waals surface area contributed by atoms with Gasteiger partial charge in [0.15, 0.2) is 12.0 Å². The third-order valence-electron chi connectivity index (χ3n) is 5.29. The van der Waals surface area contributed by atoms with E-state index in [1.54, 1.807) is 25.1 Å². The molecule has 0 aliphatic carbocycles. The summed E-state index contributed by atoms with van der Waals surface area (Å²) in [7, 11) is 0. The van der Waals surface area contributed by atoms with Crippen LogP contribution in [0.25, 0.3) is 11.3 Å². The summed E-state index contributed by atoms with van der Waals surface area (Å²) in [5.74, 6) is 0.862. The van der Waals surface area contributed by atoms with E-state index in [1.165, 1.54) is 6.07 Å². The van der Waals surface area contributed by atoms with Gasteiger partial charge in [0.05, 0.1) is 31.6 Å². The first-order valence-corrected chi connectivity index (χ1v) is 9.82. The van der Waals surface area contributed by atoms with Crippen LogP contribution in [0, 0.1) is 6.92 Å². The Morgan fingerprint density at radius 1 is 1.27 bits per heavy atom. The molecule has 162 valence electrons. The largest absolute Gasteiger partial charge is 0.484 e. The van der Waals surface area contributed by atoms with Crippen LogP contribution in [0.5, 0.6) is 5.75 Å². The Bertz CT molecular complexity index is 981. The fourth-order valence-electron chi connectivity index (χ4n) is 3.84. The van der Waals surface area contributed by atoms with Crippen LogP contribution < -0.4 is 15.5 Å². The van der Waals surface area contributed by atoms with Crippen molar-refractivity contribution in [3.8, 4) is 17.0 Å². The van der Waals surface area contributed by atoms with E-state index in [4.69, 9.17) is 14.2 Å². The van der Waals surface area contributed by atoms with Crippen LogP contribution in [0.1, 0.15) is 11.1 Å². The number of nitrogens with zero attached hydrogens (tertiary/aromatic N) is 1. The summed E-state index contributed by atoms with van der Waals surface area (Å²) in [5, 5.41) is 3.30. The lowest BCUT2D eigenvalue weighted by Crippen LogP contribution is -2.35. The van der Waals surface area contributed by atoms with Crippen LogP contribution in [-0.4, -0.2) is 49.8 Å². The van der Waals surface area contributed by atoms with Crippen molar-refractivity contribution in [1.29, 1.82) is 0 Å². The number of benzene rings is 1. The Morgan fingerprint density at radius 2 is 2.10 bits per heavy atom. The first-order valence-electron chi connectivity index (χ1n) is 9.82. The molecule has 0 unspecified atom stereocenters. The number of hydrogen-bond acceptors (Lipinski definition) is 5. The highest BCUT2D eigenvalue weighted by Gasteiger charge is 2.29. The van der Waals surface area contributed by atoms with Crippen molar-refractivity contribution in [2.45, 2.75) is 32.2 Å². The third kappa shape index (κ3) is 4.46. The molecule has 1 aromatic carbocycles. The smallest absolute Gasteiger partial charge is 0.422 e. The lowest BCUT2D eigenvalue weighted by atomic mass is 9.94. The lowest BCUT2D eigenvalue weighted by molar-refractivity contribution is -0.153. The van der Waals surface area contributed by atoms with Gasteiger partial charge in [0.25, 0.3) is 0 Å². The molecule has 1 aromatic heterocycles. The maximum Gasteiger partial charge on any atom is 0.422 e. The second kappa shape index (κ2) is 8.31. The Labute approximate surface area is 171 Å². The van der Waals surface area contributed by atoms with Crippen LogP contribution in [0.4, 0.5) is 19.0 Å². The average molecular weight is 424 g/mol. The minimum absolute atomic E-state index is 0.0874. The number of halogens is 3. The molecule has 3 heterocycles. The molecule has 0 amide bonds. The molecule has 0 radical (unpaired) electrons. The molecule has 2 aliphatic rings. The zero-order chi connectivity index (χ0) is 21.3. The number of fused-ring (bicyclic) bond motifs is 3. The van der Waals surface area contributed by atoms with Crippen LogP contribution in [0.3, 0.4) is 0 Å². The molecular formula is C21H23F3N2O4. The molecule has 1 atom stereocenters. The highest BCUT2D eigenvalue weighted by molar-refractivity contribution is 5.72. The summed E-state index contributed by atoms with van der Waals surface area (Å²) in [4.78, 5) is 12.6. The van der Waals surface area contributed by atoms with E-state index in [0.29, 0.717) is 50.7 Å². The van der Waals surface area contributed by atoms with Crippen molar-refractivity contribution in [1.82, 2.24) is 4.57 Å². The quantitative estimate of drug-likeness (QED) is 0.799. The van der Waals surface area contributed by atoms with Crippen molar-refractivity contribution in [3.63, 3.8) is 0 Å². The van der Waals surface area contributed by atoms with Gasteiger partial charge >= 0.3 is 6.18 Å². The molecule has 30 heavy (non-hydrogen) atoms. The number of ether oxygens (including phenoxy) is 3. The van der Waals surface area contributed by atoms with E-state index in [0.717, 1.165) is 16.8 Å². The molecule has 0 spiro atoms. The number of pyridine rings is 1. The predicted molar refractivity (Wildman–Crippen MR) is 105 cm³/mol. The second-order valence-electron chi connectivity index (χ2n) is 7.44. The van der Waals surface area contributed by atoms with E-state index < -0.39 is 12.8 Å². The zero-order valence-electron chi connectivity index (χ0n) is 16.6. The highest BCUT2D eigenvalue weighted by Crippen LogP contribution is 2.35. The fraction of sp³-hybridized carbons (Fsp3) is 0.476. The van der Waals surface area contributed by atoms with Gasteiger partial charge in [0.2, 0.25) is 0 Å². The van der Waals surface area contributed by atoms with Gasteiger partial charge in [0, 0.05) is 30.3 Å². The Kier molecular flexibility index (Phi) is 5.75. The van der Waals surface area contributed by atoms with Crippen molar-refractivity contribution in [2.75, 3.05) is 38.3 Å². The molecule has 1 N–H and O–H groups in total. The summed E-state index contributed by atoms with van der Waals surface area (Å²) in [5.41, 5.74) is 2.96. The summed E-state index contributed by atoms with van der Waals surface area (Å²) in [6.45, 7) is 3.17. The van der Waals surface area contributed by atoms with E-state index in [9.17, 15) is 18.0 Å². The van der Waals surface area contributed by atoms with Gasteiger partial charge in [-0.05, 0) is 37.1 Å².